The molecule has 5 nitrogen and oxygen atoms in total. The Morgan fingerprint density at radius 1 is 1.60 bits per heavy atom. The number of aliphatic hydroxyl groups excluding tert-OH is 1. The second kappa shape index (κ2) is 5.76. The van der Waals surface area contributed by atoms with E-state index in [4.69, 9.17) is 4.42 Å². The highest BCUT2D eigenvalue weighted by molar-refractivity contribution is 7.13. The largest absolute Gasteiger partial charge is 0.462 e. The Balaban J connectivity index is 1.99. The fourth-order valence-electron chi connectivity index (χ4n) is 1.57. The fraction of sp³-hybridized carbons (Fsp3) is 0.429. The number of amides is 1. The van der Waals surface area contributed by atoms with E-state index in [0.717, 1.165) is 5.01 Å². The number of aromatic nitrogens is 1. The van der Waals surface area contributed by atoms with Gasteiger partial charge in [-0.3, -0.25) is 4.79 Å². The number of rotatable bonds is 5. The first-order chi connectivity index (χ1) is 9.38. The lowest BCUT2D eigenvalue weighted by atomic mass is 9.98. The molecule has 0 aliphatic heterocycles. The van der Waals surface area contributed by atoms with Crippen LogP contribution in [0.25, 0.3) is 10.8 Å². The van der Waals surface area contributed by atoms with Gasteiger partial charge in [0.1, 0.15) is 0 Å². The lowest BCUT2D eigenvalue weighted by Crippen LogP contribution is -2.51. The summed E-state index contributed by atoms with van der Waals surface area (Å²) in [6, 6.07) is 3.63. The van der Waals surface area contributed by atoms with Crippen molar-refractivity contribution in [2.75, 3.05) is 0 Å². The van der Waals surface area contributed by atoms with E-state index >= 15 is 0 Å². The second-order valence-electron chi connectivity index (χ2n) is 5.24. The van der Waals surface area contributed by atoms with E-state index < -0.39 is 11.6 Å². The number of nitrogens with zero attached hydrogens (tertiary/aromatic N) is 1. The average Bonchev–Trinajstić information content (AvgIpc) is 2.97. The van der Waals surface area contributed by atoms with Crippen molar-refractivity contribution in [2.24, 2.45) is 0 Å². The zero-order valence-corrected chi connectivity index (χ0v) is 12.5. The summed E-state index contributed by atoms with van der Waals surface area (Å²) in [5, 5.41) is 15.0. The van der Waals surface area contributed by atoms with Crippen LogP contribution in [0.2, 0.25) is 0 Å². The van der Waals surface area contributed by atoms with Crippen LogP contribution in [-0.2, 0) is 11.2 Å². The van der Waals surface area contributed by atoms with Crippen LogP contribution in [0.1, 0.15) is 26.5 Å². The molecule has 0 saturated carbocycles. The molecule has 0 aromatic carbocycles. The van der Waals surface area contributed by atoms with Crippen molar-refractivity contribution in [1.82, 2.24) is 10.3 Å². The zero-order chi connectivity index (χ0) is 14.8. The van der Waals surface area contributed by atoms with Crippen LogP contribution in [0.15, 0.2) is 28.2 Å². The number of hydrogen-bond donors (Lipinski definition) is 2. The number of thiazole rings is 1. The minimum Gasteiger partial charge on any atom is -0.462 e. The monoisotopic (exact) mass is 294 g/mol. The average molecular weight is 294 g/mol. The van der Waals surface area contributed by atoms with Gasteiger partial charge in [0.2, 0.25) is 5.91 Å². The molecule has 2 aromatic rings. The number of furan rings is 1. The van der Waals surface area contributed by atoms with Crippen LogP contribution in [-0.4, -0.2) is 27.6 Å². The molecule has 2 aromatic heterocycles. The molecule has 0 radical (unpaired) electrons. The van der Waals surface area contributed by atoms with E-state index in [1.54, 1.807) is 33.1 Å². The molecule has 1 amide bonds. The van der Waals surface area contributed by atoms with Crippen molar-refractivity contribution in [3.05, 3.63) is 29.5 Å². The summed E-state index contributed by atoms with van der Waals surface area (Å²) in [7, 11) is 0. The Bertz CT molecular complexity index is 573. The quantitative estimate of drug-likeness (QED) is 0.886. The molecular formula is C14H18N2O3S. The van der Waals surface area contributed by atoms with E-state index in [0.29, 0.717) is 11.5 Å². The van der Waals surface area contributed by atoms with E-state index in [1.807, 2.05) is 11.4 Å². The number of hydrogen-bond acceptors (Lipinski definition) is 5. The molecule has 2 N–H and O–H groups in total. The molecular weight excluding hydrogens is 276 g/mol. The van der Waals surface area contributed by atoms with Crippen molar-refractivity contribution >= 4 is 17.2 Å². The molecule has 0 aliphatic carbocycles. The molecule has 0 fully saturated rings. The first-order valence-corrected chi connectivity index (χ1v) is 7.24. The van der Waals surface area contributed by atoms with Gasteiger partial charge in [0.15, 0.2) is 10.8 Å². The summed E-state index contributed by atoms with van der Waals surface area (Å²) in [5.41, 5.74) is 0.0389. The molecule has 0 aliphatic rings. The maximum Gasteiger partial charge on any atom is 0.226 e. The normalized spacial score (nSPS) is 13.2. The number of aliphatic hydroxyl groups is 1. The molecule has 0 bridgehead atoms. The van der Waals surface area contributed by atoms with Gasteiger partial charge in [0.05, 0.1) is 30.0 Å². The third-order valence-electron chi connectivity index (χ3n) is 3.13. The van der Waals surface area contributed by atoms with Gasteiger partial charge in [-0.15, -0.1) is 11.3 Å². The molecule has 20 heavy (non-hydrogen) atoms. The molecule has 6 heteroatoms. The highest BCUT2D eigenvalue weighted by Gasteiger charge is 2.26. The molecule has 0 spiro atoms. The summed E-state index contributed by atoms with van der Waals surface area (Å²) >= 11 is 1.44. The predicted molar refractivity (Wildman–Crippen MR) is 77.4 cm³/mol. The van der Waals surface area contributed by atoms with Gasteiger partial charge in [0.25, 0.3) is 0 Å². The lowest BCUT2D eigenvalue weighted by molar-refractivity contribution is -0.123. The van der Waals surface area contributed by atoms with E-state index in [1.165, 1.54) is 11.3 Å². The van der Waals surface area contributed by atoms with Crippen LogP contribution < -0.4 is 5.32 Å². The second-order valence-corrected chi connectivity index (χ2v) is 6.10. The van der Waals surface area contributed by atoms with Crippen LogP contribution in [0, 0.1) is 0 Å². The highest BCUT2D eigenvalue weighted by atomic mass is 32.1. The third kappa shape index (κ3) is 3.46. The van der Waals surface area contributed by atoms with Crippen molar-refractivity contribution in [3.63, 3.8) is 0 Å². The van der Waals surface area contributed by atoms with E-state index in [9.17, 15) is 9.90 Å². The van der Waals surface area contributed by atoms with Gasteiger partial charge in [-0.1, -0.05) is 0 Å². The Labute approximate surface area is 121 Å². The van der Waals surface area contributed by atoms with Gasteiger partial charge in [0, 0.05) is 5.38 Å². The predicted octanol–water partition coefficient (Wildman–Crippen LogP) is 2.22. The molecule has 1 atom stereocenters. The van der Waals surface area contributed by atoms with Crippen molar-refractivity contribution < 1.29 is 14.3 Å². The summed E-state index contributed by atoms with van der Waals surface area (Å²) in [4.78, 5) is 16.3. The Morgan fingerprint density at radius 2 is 2.35 bits per heavy atom. The van der Waals surface area contributed by atoms with Crippen LogP contribution >= 0.6 is 11.3 Å². The van der Waals surface area contributed by atoms with Crippen molar-refractivity contribution in [3.8, 4) is 10.8 Å². The fourth-order valence-corrected chi connectivity index (χ4v) is 2.36. The van der Waals surface area contributed by atoms with Gasteiger partial charge >= 0.3 is 0 Å². The molecule has 2 heterocycles. The topological polar surface area (TPSA) is 75.4 Å². The number of nitrogens with one attached hydrogen (secondary N) is 1. The standard InChI is InChI=1S/C14H18N2O3S/c1-9(17)14(2,3)16-12(18)7-10-8-20-13(15-10)11-5-4-6-19-11/h4-6,8-9,17H,7H2,1-3H3,(H,16,18). The minimum absolute atomic E-state index is 0.160. The third-order valence-corrected chi connectivity index (χ3v) is 4.04. The molecule has 108 valence electrons. The van der Waals surface area contributed by atoms with Gasteiger partial charge < -0.3 is 14.8 Å². The van der Waals surface area contributed by atoms with Crippen LogP contribution in [0.3, 0.4) is 0 Å². The molecule has 1 unspecified atom stereocenters. The summed E-state index contributed by atoms with van der Waals surface area (Å²) in [5.74, 6) is 0.540. The first-order valence-electron chi connectivity index (χ1n) is 6.36. The Kier molecular flexibility index (Phi) is 4.25. The maximum atomic E-state index is 11.9. The SMILES string of the molecule is CC(O)C(C)(C)NC(=O)Cc1csc(-c2ccco2)n1. The summed E-state index contributed by atoms with van der Waals surface area (Å²) in [6.07, 6.45) is 1.15. The first kappa shape index (κ1) is 14.7. The number of carbonyl (C=O) groups is 1. The lowest BCUT2D eigenvalue weighted by Gasteiger charge is -2.29. The van der Waals surface area contributed by atoms with Gasteiger partial charge in [-0.05, 0) is 32.9 Å². The minimum atomic E-state index is -0.656. The zero-order valence-electron chi connectivity index (χ0n) is 11.7. The highest BCUT2D eigenvalue weighted by Crippen LogP contribution is 2.24. The van der Waals surface area contributed by atoms with Gasteiger partial charge in [-0.25, -0.2) is 4.98 Å². The van der Waals surface area contributed by atoms with E-state index in [2.05, 4.69) is 10.3 Å². The molecule has 2 rings (SSSR count). The summed E-state index contributed by atoms with van der Waals surface area (Å²) in [6.45, 7) is 5.22. The summed E-state index contributed by atoms with van der Waals surface area (Å²) < 4.78 is 5.26. The van der Waals surface area contributed by atoms with Crippen molar-refractivity contribution in [2.45, 2.75) is 38.8 Å². The van der Waals surface area contributed by atoms with Crippen LogP contribution in [0.4, 0.5) is 0 Å². The smallest absolute Gasteiger partial charge is 0.226 e. The van der Waals surface area contributed by atoms with Crippen LogP contribution in [0.5, 0.6) is 0 Å². The van der Waals surface area contributed by atoms with E-state index in [-0.39, 0.29) is 12.3 Å². The number of carbonyl (C=O) groups excluding carboxylic acids is 1. The maximum absolute atomic E-state index is 11.9. The Hall–Kier alpha value is -1.66. The van der Waals surface area contributed by atoms with Crippen molar-refractivity contribution in [1.29, 1.82) is 0 Å². The molecule has 0 saturated heterocycles. The Morgan fingerprint density at radius 3 is 2.95 bits per heavy atom. The van der Waals surface area contributed by atoms with Gasteiger partial charge in [-0.2, -0.15) is 0 Å².